The van der Waals surface area contributed by atoms with Crippen LogP contribution in [-0.2, 0) is 24.1 Å². The van der Waals surface area contributed by atoms with Crippen molar-refractivity contribution in [1.29, 1.82) is 0 Å². The normalized spacial score (nSPS) is 12.8. The van der Waals surface area contributed by atoms with E-state index in [9.17, 15) is 9.59 Å². The molecule has 27 heavy (non-hydrogen) atoms. The molecule has 3 aromatic rings. The van der Waals surface area contributed by atoms with Crippen molar-refractivity contribution >= 4 is 22.5 Å². The summed E-state index contributed by atoms with van der Waals surface area (Å²) in [4.78, 5) is 27.5. The molecule has 1 aliphatic carbocycles. The summed E-state index contributed by atoms with van der Waals surface area (Å²) in [5, 5.41) is 3.99. The SMILES string of the molecule is CCOc1ccc(CC(=O)Nc2ccc3c4c(c(=O)[nH]c3c2)CCC4)cc1. The van der Waals surface area contributed by atoms with Crippen molar-refractivity contribution in [3.8, 4) is 5.75 Å². The average molecular weight is 362 g/mol. The minimum atomic E-state index is -0.0954. The number of anilines is 1. The maximum atomic E-state index is 12.4. The molecule has 0 spiro atoms. The van der Waals surface area contributed by atoms with Crippen LogP contribution in [0.25, 0.3) is 10.9 Å². The number of benzene rings is 2. The Morgan fingerprint density at radius 1 is 1.11 bits per heavy atom. The maximum Gasteiger partial charge on any atom is 0.251 e. The van der Waals surface area contributed by atoms with E-state index in [-0.39, 0.29) is 17.9 Å². The lowest BCUT2D eigenvalue weighted by Gasteiger charge is -2.09. The minimum absolute atomic E-state index is 0.00661. The zero-order chi connectivity index (χ0) is 18.8. The second-order valence-corrected chi connectivity index (χ2v) is 6.83. The van der Waals surface area contributed by atoms with Gasteiger partial charge in [-0.1, -0.05) is 18.2 Å². The number of hydrogen-bond donors (Lipinski definition) is 2. The Hall–Kier alpha value is -3.08. The number of aromatic nitrogens is 1. The quantitative estimate of drug-likeness (QED) is 0.728. The van der Waals surface area contributed by atoms with E-state index < -0.39 is 0 Å². The number of carbonyl (C=O) groups is 1. The fourth-order valence-corrected chi connectivity index (χ4v) is 3.74. The highest BCUT2D eigenvalue weighted by Crippen LogP contribution is 2.27. The molecule has 0 saturated heterocycles. The molecule has 0 bridgehead atoms. The van der Waals surface area contributed by atoms with Crippen LogP contribution in [0.1, 0.15) is 30.0 Å². The molecule has 2 N–H and O–H groups in total. The molecule has 0 aliphatic heterocycles. The van der Waals surface area contributed by atoms with Crippen molar-refractivity contribution in [2.45, 2.75) is 32.6 Å². The molecule has 1 heterocycles. The van der Waals surface area contributed by atoms with Crippen molar-refractivity contribution in [1.82, 2.24) is 4.98 Å². The number of carbonyl (C=O) groups excluding carboxylic acids is 1. The van der Waals surface area contributed by atoms with Crippen LogP contribution in [0, 0.1) is 0 Å². The highest BCUT2D eigenvalue weighted by atomic mass is 16.5. The molecule has 5 heteroatoms. The van der Waals surface area contributed by atoms with Gasteiger partial charge in [0.05, 0.1) is 18.5 Å². The van der Waals surface area contributed by atoms with Crippen LogP contribution >= 0.6 is 0 Å². The van der Waals surface area contributed by atoms with Gasteiger partial charge in [0.25, 0.3) is 5.56 Å². The highest BCUT2D eigenvalue weighted by molar-refractivity contribution is 5.95. The maximum absolute atomic E-state index is 12.4. The molecule has 4 rings (SSSR count). The first kappa shape index (κ1) is 17.3. The summed E-state index contributed by atoms with van der Waals surface area (Å²) < 4.78 is 5.41. The molecule has 0 fully saturated rings. The van der Waals surface area contributed by atoms with Crippen molar-refractivity contribution in [2.75, 3.05) is 11.9 Å². The summed E-state index contributed by atoms with van der Waals surface area (Å²) in [6, 6.07) is 13.3. The standard InChI is InChI=1S/C22H22N2O3/c1-2-27-16-9-6-14(7-10-16)12-21(25)23-15-8-11-18-17-4-3-5-19(17)22(26)24-20(18)13-15/h6-11,13H,2-5,12H2,1H3,(H,23,25)(H,24,26). The number of aromatic amines is 1. The fraction of sp³-hybridized carbons (Fsp3) is 0.273. The number of H-pyrrole nitrogens is 1. The van der Waals surface area contributed by atoms with Crippen molar-refractivity contribution in [2.24, 2.45) is 0 Å². The predicted molar refractivity (Wildman–Crippen MR) is 107 cm³/mol. The Balaban J connectivity index is 1.50. The van der Waals surface area contributed by atoms with Gasteiger partial charge < -0.3 is 15.0 Å². The highest BCUT2D eigenvalue weighted by Gasteiger charge is 2.18. The minimum Gasteiger partial charge on any atom is -0.494 e. The van der Waals surface area contributed by atoms with Gasteiger partial charge in [0.15, 0.2) is 0 Å². The monoisotopic (exact) mass is 362 g/mol. The van der Waals surface area contributed by atoms with Gasteiger partial charge in [-0.2, -0.15) is 0 Å². The number of aryl methyl sites for hydroxylation is 1. The lowest BCUT2D eigenvalue weighted by molar-refractivity contribution is -0.115. The third-order valence-corrected chi connectivity index (χ3v) is 4.97. The third kappa shape index (κ3) is 3.58. The Labute approximate surface area is 157 Å². The van der Waals surface area contributed by atoms with Gasteiger partial charge in [-0.3, -0.25) is 9.59 Å². The van der Waals surface area contributed by atoms with Crippen molar-refractivity contribution in [3.05, 3.63) is 69.5 Å². The van der Waals surface area contributed by atoms with Crippen LogP contribution in [0.15, 0.2) is 47.3 Å². The number of rotatable bonds is 5. The number of fused-ring (bicyclic) bond motifs is 3. The summed E-state index contributed by atoms with van der Waals surface area (Å²) in [6.07, 6.45) is 3.10. The molecule has 2 aromatic carbocycles. The molecule has 5 nitrogen and oxygen atoms in total. The van der Waals surface area contributed by atoms with Gasteiger partial charge in [0.1, 0.15) is 5.75 Å². The summed E-state index contributed by atoms with van der Waals surface area (Å²) in [5.74, 6) is 0.703. The van der Waals surface area contributed by atoms with E-state index in [0.717, 1.165) is 52.6 Å². The van der Waals surface area contributed by atoms with Crippen LogP contribution in [0.5, 0.6) is 5.75 Å². The summed E-state index contributed by atoms with van der Waals surface area (Å²) in [5.41, 5.74) is 4.44. The van der Waals surface area contributed by atoms with E-state index in [1.54, 1.807) is 0 Å². The Morgan fingerprint density at radius 3 is 2.67 bits per heavy atom. The van der Waals surface area contributed by atoms with Gasteiger partial charge in [0.2, 0.25) is 5.91 Å². The topological polar surface area (TPSA) is 71.2 Å². The zero-order valence-corrected chi connectivity index (χ0v) is 15.3. The molecule has 0 radical (unpaired) electrons. The molecule has 138 valence electrons. The smallest absolute Gasteiger partial charge is 0.251 e. The van der Waals surface area contributed by atoms with Crippen LogP contribution < -0.4 is 15.6 Å². The largest absolute Gasteiger partial charge is 0.494 e. The summed E-state index contributed by atoms with van der Waals surface area (Å²) in [6.45, 7) is 2.56. The predicted octanol–water partition coefficient (Wildman–Crippen LogP) is 3.60. The Bertz CT molecular complexity index is 1050. The van der Waals surface area contributed by atoms with E-state index in [4.69, 9.17) is 4.74 Å². The molecule has 0 unspecified atom stereocenters. The van der Waals surface area contributed by atoms with E-state index in [2.05, 4.69) is 10.3 Å². The van der Waals surface area contributed by atoms with Crippen LogP contribution in [0.3, 0.4) is 0 Å². The average Bonchev–Trinajstić information content (AvgIpc) is 3.14. The number of nitrogens with one attached hydrogen (secondary N) is 2. The molecule has 0 saturated carbocycles. The Kier molecular flexibility index (Phi) is 4.67. The van der Waals surface area contributed by atoms with E-state index >= 15 is 0 Å². The van der Waals surface area contributed by atoms with Gasteiger partial charge in [-0.05, 0) is 61.6 Å². The van der Waals surface area contributed by atoms with Gasteiger partial charge >= 0.3 is 0 Å². The molecule has 1 amide bonds. The first-order valence-electron chi connectivity index (χ1n) is 9.33. The molecule has 0 atom stereocenters. The molecular formula is C22H22N2O3. The number of pyridine rings is 1. The van der Waals surface area contributed by atoms with Gasteiger partial charge in [-0.25, -0.2) is 0 Å². The number of ether oxygens (including phenoxy) is 1. The molecule has 1 aromatic heterocycles. The summed E-state index contributed by atoms with van der Waals surface area (Å²) >= 11 is 0. The first-order valence-corrected chi connectivity index (χ1v) is 9.33. The lowest BCUT2D eigenvalue weighted by atomic mass is 10.1. The van der Waals surface area contributed by atoms with Crippen molar-refractivity contribution < 1.29 is 9.53 Å². The van der Waals surface area contributed by atoms with Crippen LogP contribution in [0.2, 0.25) is 0 Å². The first-order chi connectivity index (χ1) is 13.1. The lowest BCUT2D eigenvalue weighted by Crippen LogP contribution is -2.15. The molecular weight excluding hydrogens is 340 g/mol. The van der Waals surface area contributed by atoms with Crippen molar-refractivity contribution in [3.63, 3.8) is 0 Å². The van der Waals surface area contributed by atoms with Crippen LogP contribution in [-0.4, -0.2) is 17.5 Å². The Morgan fingerprint density at radius 2 is 1.89 bits per heavy atom. The third-order valence-electron chi connectivity index (χ3n) is 4.97. The number of hydrogen-bond acceptors (Lipinski definition) is 3. The van der Waals surface area contributed by atoms with Crippen LogP contribution in [0.4, 0.5) is 5.69 Å². The fourth-order valence-electron chi connectivity index (χ4n) is 3.74. The van der Waals surface area contributed by atoms with E-state index in [1.807, 2.05) is 49.4 Å². The van der Waals surface area contributed by atoms with Gasteiger partial charge in [-0.15, -0.1) is 0 Å². The van der Waals surface area contributed by atoms with Gasteiger partial charge in [0, 0.05) is 16.6 Å². The second-order valence-electron chi connectivity index (χ2n) is 6.83. The zero-order valence-electron chi connectivity index (χ0n) is 15.3. The van der Waals surface area contributed by atoms with E-state index in [1.165, 1.54) is 0 Å². The summed E-state index contributed by atoms with van der Waals surface area (Å²) in [7, 11) is 0. The molecule has 1 aliphatic rings. The number of amides is 1. The van der Waals surface area contributed by atoms with E-state index in [0.29, 0.717) is 12.3 Å². The second kappa shape index (κ2) is 7.27.